The number of allylic oxidation sites excluding steroid dienone is 1. The van der Waals surface area contributed by atoms with E-state index in [1.807, 2.05) is 6.08 Å². The Morgan fingerprint density at radius 2 is 1.12 bits per heavy atom. The summed E-state index contributed by atoms with van der Waals surface area (Å²) in [6.45, 7) is 5.40. The van der Waals surface area contributed by atoms with E-state index in [9.17, 15) is 9.59 Å². The van der Waals surface area contributed by atoms with E-state index in [-0.39, 0.29) is 11.9 Å². The monoisotopic (exact) mass is 478 g/mol. The van der Waals surface area contributed by atoms with Gasteiger partial charge in [0.05, 0.1) is 19.1 Å². The van der Waals surface area contributed by atoms with Crippen LogP contribution in [0.2, 0.25) is 0 Å². The molecule has 0 aromatic rings. The molecule has 1 atom stereocenters. The standard InChI is InChI=1S/C30H54O4/c1-3-5-7-9-11-13-15-17-21-25-33-29(31)27-23-19-20-24-28(27)30(32)34-26-22-18-16-14-12-10-8-6-4-2/h23,28H,3-22,24-26H2,1-2H3. The Labute approximate surface area is 210 Å². The van der Waals surface area contributed by atoms with E-state index >= 15 is 0 Å². The highest BCUT2D eigenvalue weighted by Gasteiger charge is 2.31. The number of hydrogen-bond acceptors (Lipinski definition) is 4. The van der Waals surface area contributed by atoms with Crippen LogP contribution in [0.25, 0.3) is 0 Å². The van der Waals surface area contributed by atoms with Gasteiger partial charge >= 0.3 is 11.9 Å². The molecule has 1 aliphatic rings. The first-order chi connectivity index (χ1) is 16.7. The first-order valence-corrected chi connectivity index (χ1v) is 14.7. The molecule has 0 amide bonds. The SMILES string of the molecule is CCCCCCCCCCCOC(=O)C1=CCCCC1C(=O)OCCCCCCCCCCC. The molecule has 0 heterocycles. The molecule has 0 saturated heterocycles. The minimum Gasteiger partial charge on any atom is -0.465 e. The van der Waals surface area contributed by atoms with Gasteiger partial charge in [-0.05, 0) is 32.1 Å². The summed E-state index contributed by atoms with van der Waals surface area (Å²) >= 11 is 0. The third-order valence-electron chi connectivity index (χ3n) is 6.93. The number of carbonyl (C=O) groups is 2. The third kappa shape index (κ3) is 15.6. The maximum atomic E-state index is 12.6. The van der Waals surface area contributed by atoms with E-state index in [0.29, 0.717) is 25.2 Å². The Hall–Kier alpha value is -1.32. The molecule has 1 aliphatic carbocycles. The maximum absolute atomic E-state index is 12.6. The van der Waals surface area contributed by atoms with Gasteiger partial charge in [0.2, 0.25) is 0 Å². The van der Waals surface area contributed by atoms with Crippen molar-refractivity contribution in [2.75, 3.05) is 13.2 Å². The fourth-order valence-corrected chi connectivity index (χ4v) is 4.69. The number of unbranched alkanes of at least 4 members (excludes halogenated alkanes) is 16. The van der Waals surface area contributed by atoms with Crippen molar-refractivity contribution in [3.05, 3.63) is 11.6 Å². The fourth-order valence-electron chi connectivity index (χ4n) is 4.69. The number of hydrogen-bond donors (Lipinski definition) is 0. The molecule has 198 valence electrons. The van der Waals surface area contributed by atoms with Crippen molar-refractivity contribution in [3.8, 4) is 0 Å². The summed E-state index contributed by atoms with van der Waals surface area (Å²) in [4.78, 5) is 25.2. The minimum absolute atomic E-state index is 0.245. The van der Waals surface area contributed by atoms with E-state index in [1.165, 1.54) is 89.9 Å². The highest BCUT2D eigenvalue weighted by Crippen LogP contribution is 2.27. The normalized spacial score (nSPS) is 15.7. The van der Waals surface area contributed by atoms with Crippen molar-refractivity contribution in [2.24, 2.45) is 5.92 Å². The van der Waals surface area contributed by atoms with Crippen LogP contribution in [0.15, 0.2) is 11.6 Å². The second-order valence-corrected chi connectivity index (χ2v) is 10.1. The molecule has 0 bridgehead atoms. The van der Waals surface area contributed by atoms with Crippen LogP contribution < -0.4 is 0 Å². The number of carbonyl (C=O) groups excluding carboxylic acids is 2. The Balaban J connectivity index is 2.13. The van der Waals surface area contributed by atoms with Gasteiger partial charge in [-0.2, -0.15) is 0 Å². The topological polar surface area (TPSA) is 52.6 Å². The molecule has 4 nitrogen and oxygen atoms in total. The molecule has 1 unspecified atom stereocenters. The van der Waals surface area contributed by atoms with Crippen LogP contribution in [0.1, 0.15) is 149 Å². The van der Waals surface area contributed by atoms with Crippen LogP contribution in [0.5, 0.6) is 0 Å². The lowest BCUT2D eigenvalue weighted by Gasteiger charge is -2.21. The summed E-state index contributed by atoms with van der Waals surface area (Å²) in [6, 6.07) is 0. The van der Waals surface area contributed by atoms with Crippen molar-refractivity contribution < 1.29 is 19.1 Å². The van der Waals surface area contributed by atoms with E-state index < -0.39 is 5.92 Å². The second-order valence-electron chi connectivity index (χ2n) is 10.1. The number of rotatable bonds is 22. The van der Waals surface area contributed by atoms with Crippen LogP contribution >= 0.6 is 0 Å². The lowest BCUT2D eigenvalue weighted by atomic mass is 9.87. The average molecular weight is 479 g/mol. The summed E-state index contributed by atoms with van der Waals surface area (Å²) in [5.41, 5.74) is 0.527. The van der Waals surface area contributed by atoms with Crippen molar-refractivity contribution in [2.45, 2.75) is 149 Å². The molecule has 0 aliphatic heterocycles. The first-order valence-electron chi connectivity index (χ1n) is 14.7. The van der Waals surface area contributed by atoms with Gasteiger partial charge < -0.3 is 9.47 Å². The molecule has 0 saturated carbocycles. The van der Waals surface area contributed by atoms with E-state index in [1.54, 1.807) is 0 Å². The molecule has 0 N–H and O–H groups in total. The summed E-state index contributed by atoms with van der Waals surface area (Å²) in [5.74, 6) is -1.00. The number of ether oxygens (including phenoxy) is 2. The lowest BCUT2D eigenvalue weighted by Crippen LogP contribution is -2.27. The molecular weight excluding hydrogens is 424 g/mol. The molecule has 0 radical (unpaired) electrons. The third-order valence-corrected chi connectivity index (χ3v) is 6.93. The minimum atomic E-state index is -0.442. The molecule has 0 fully saturated rings. The van der Waals surface area contributed by atoms with Gasteiger partial charge in [-0.1, -0.05) is 123 Å². The van der Waals surface area contributed by atoms with Crippen LogP contribution in [0.4, 0.5) is 0 Å². The zero-order chi connectivity index (χ0) is 24.7. The van der Waals surface area contributed by atoms with Gasteiger partial charge in [0.25, 0.3) is 0 Å². The Morgan fingerprint density at radius 3 is 1.62 bits per heavy atom. The molecule has 34 heavy (non-hydrogen) atoms. The van der Waals surface area contributed by atoms with Crippen LogP contribution in [-0.4, -0.2) is 25.2 Å². The second kappa shape index (κ2) is 22.2. The summed E-state index contributed by atoms with van der Waals surface area (Å²) in [6.07, 6.45) is 26.6. The molecule has 1 rings (SSSR count). The molecule has 0 aromatic heterocycles. The van der Waals surface area contributed by atoms with E-state index in [0.717, 1.165) is 38.5 Å². The Kier molecular flexibility index (Phi) is 20.0. The van der Waals surface area contributed by atoms with Gasteiger partial charge in [-0.3, -0.25) is 4.79 Å². The Bertz CT molecular complexity index is 540. The smallest absolute Gasteiger partial charge is 0.334 e. The zero-order valence-corrected chi connectivity index (χ0v) is 22.6. The molecule has 4 heteroatoms. The average Bonchev–Trinajstić information content (AvgIpc) is 2.86. The first kappa shape index (κ1) is 30.7. The van der Waals surface area contributed by atoms with E-state index in [2.05, 4.69) is 13.8 Å². The highest BCUT2D eigenvalue weighted by molar-refractivity contribution is 5.95. The van der Waals surface area contributed by atoms with Gasteiger partial charge in [0.15, 0.2) is 0 Å². The van der Waals surface area contributed by atoms with Crippen LogP contribution in [0.3, 0.4) is 0 Å². The summed E-state index contributed by atoms with van der Waals surface area (Å²) in [7, 11) is 0. The lowest BCUT2D eigenvalue weighted by molar-refractivity contribution is -0.151. The van der Waals surface area contributed by atoms with Crippen molar-refractivity contribution in [3.63, 3.8) is 0 Å². The van der Waals surface area contributed by atoms with Gasteiger partial charge in [-0.15, -0.1) is 0 Å². The van der Waals surface area contributed by atoms with E-state index in [4.69, 9.17) is 9.47 Å². The molecular formula is C30H54O4. The largest absolute Gasteiger partial charge is 0.465 e. The molecule has 0 aromatic carbocycles. The quantitative estimate of drug-likeness (QED) is 0.115. The van der Waals surface area contributed by atoms with Crippen LogP contribution in [0, 0.1) is 5.92 Å². The van der Waals surface area contributed by atoms with Crippen LogP contribution in [-0.2, 0) is 19.1 Å². The summed E-state index contributed by atoms with van der Waals surface area (Å²) in [5, 5.41) is 0. The Morgan fingerprint density at radius 1 is 0.676 bits per heavy atom. The van der Waals surface area contributed by atoms with Gasteiger partial charge in [-0.25, -0.2) is 4.79 Å². The summed E-state index contributed by atoms with van der Waals surface area (Å²) < 4.78 is 11.1. The highest BCUT2D eigenvalue weighted by atomic mass is 16.5. The zero-order valence-electron chi connectivity index (χ0n) is 22.6. The van der Waals surface area contributed by atoms with Crippen molar-refractivity contribution in [1.82, 2.24) is 0 Å². The molecule has 0 spiro atoms. The predicted octanol–water partition coefficient (Wildman–Crippen LogP) is 8.86. The maximum Gasteiger partial charge on any atom is 0.334 e. The fraction of sp³-hybridized carbons (Fsp3) is 0.867. The predicted molar refractivity (Wildman–Crippen MR) is 142 cm³/mol. The number of esters is 2. The van der Waals surface area contributed by atoms with Crippen molar-refractivity contribution >= 4 is 11.9 Å². The van der Waals surface area contributed by atoms with Gasteiger partial charge in [0, 0.05) is 5.57 Å². The van der Waals surface area contributed by atoms with Crippen molar-refractivity contribution in [1.29, 1.82) is 0 Å². The van der Waals surface area contributed by atoms with Gasteiger partial charge in [0.1, 0.15) is 0 Å².